The molecule has 0 saturated heterocycles. The molecule has 0 aliphatic heterocycles. The zero-order chi connectivity index (χ0) is 15.2. The molecule has 0 fully saturated rings. The second-order valence-corrected chi connectivity index (χ2v) is 6.23. The van der Waals surface area contributed by atoms with Crippen molar-refractivity contribution in [1.82, 2.24) is 15.2 Å². The van der Waals surface area contributed by atoms with Crippen molar-refractivity contribution in [2.45, 2.75) is 13.1 Å². The summed E-state index contributed by atoms with van der Waals surface area (Å²) in [5.41, 5.74) is 0.914. The Hall–Kier alpha value is -1.79. The molecule has 1 N–H and O–H groups in total. The summed E-state index contributed by atoms with van der Waals surface area (Å²) in [7, 11) is 3.31. The lowest BCUT2D eigenvalue weighted by Crippen LogP contribution is -2.36. The van der Waals surface area contributed by atoms with E-state index in [1.54, 1.807) is 31.3 Å². The molecular formula is C14H16ClN3O2S. The summed E-state index contributed by atoms with van der Waals surface area (Å²) < 4.78 is 5.71. The van der Waals surface area contributed by atoms with Gasteiger partial charge in [0.15, 0.2) is 0 Å². The number of pyridine rings is 1. The van der Waals surface area contributed by atoms with Gasteiger partial charge < -0.3 is 15.0 Å². The van der Waals surface area contributed by atoms with Gasteiger partial charge in [-0.3, -0.25) is 0 Å². The molecule has 21 heavy (non-hydrogen) atoms. The predicted octanol–water partition coefficient (Wildman–Crippen LogP) is 3.15. The lowest BCUT2D eigenvalue weighted by Gasteiger charge is -2.17. The van der Waals surface area contributed by atoms with Gasteiger partial charge in [-0.15, -0.1) is 11.3 Å². The fourth-order valence-electron chi connectivity index (χ4n) is 1.69. The van der Waals surface area contributed by atoms with Crippen LogP contribution in [0.25, 0.3) is 0 Å². The van der Waals surface area contributed by atoms with E-state index in [4.69, 9.17) is 16.3 Å². The fourth-order valence-corrected chi connectivity index (χ4v) is 2.83. The van der Waals surface area contributed by atoms with Crippen LogP contribution in [0.5, 0.6) is 5.88 Å². The molecule has 0 aliphatic rings. The molecule has 0 unspecified atom stereocenters. The Morgan fingerprint density at radius 3 is 2.81 bits per heavy atom. The first-order chi connectivity index (χ1) is 10.1. The molecule has 2 amide bonds. The zero-order valence-electron chi connectivity index (χ0n) is 11.8. The number of aromatic nitrogens is 1. The number of ether oxygens (including phenoxy) is 1. The number of carbonyl (C=O) groups excluding carboxylic acids is 1. The van der Waals surface area contributed by atoms with Crippen LogP contribution in [0.15, 0.2) is 30.5 Å². The first-order valence-electron chi connectivity index (χ1n) is 6.30. The number of amides is 2. The van der Waals surface area contributed by atoms with Crippen LogP contribution in [0.4, 0.5) is 4.79 Å². The third-order valence-corrected chi connectivity index (χ3v) is 4.03. The van der Waals surface area contributed by atoms with E-state index in [9.17, 15) is 4.79 Å². The molecule has 0 aromatic carbocycles. The Bertz CT molecular complexity index is 601. The van der Waals surface area contributed by atoms with Crippen LogP contribution in [0.2, 0.25) is 4.34 Å². The molecule has 2 aromatic heterocycles. The Labute approximate surface area is 132 Å². The maximum atomic E-state index is 12.0. The van der Waals surface area contributed by atoms with Gasteiger partial charge >= 0.3 is 6.03 Å². The van der Waals surface area contributed by atoms with E-state index >= 15 is 0 Å². The quantitative estimate of drug-likeness (QED) is 0.918. The van der Waals surface area contributed by atoms with Crippen molar-refractivity contribution in [3.63, 3.8) is 0 Å². The van der Waals surface area contributed by atoms with Gasteiger partial charge in [0.1, 0.15) is 0 Å². The lowest BCUT2D eigenvalue weighted by atomic mass is 10.3. The number of methoxy groups -OCH3 is 1. The minimum Gasteiger partial charge on any atom is -0.481 e. The first kappa shape index (κ1) is 15.6. The van der Waals surface area contributed by atoms with Gasteiger partial charge in [0, 0.05) is 30.7 Å². The van der Waals surface area contributed by atoms with Gasteiger partial charge in [-0.1, -0.05) is 17.7 Å². The van der Waals surface area contributed by atoms with Crippen molar-refractivity contribution in [1.29, 1.82) is 0 Å². The highest BCUT2D eigenvalue weighted by atomic mass is 35.5. The Balaban J connectivity index is 1.82. The molecule has 0 spiro atoms. The van der Waals surface area contributed by atoms with E-state index in [-0.39, 0.29) is 6.03 Å². The molecule has 0 radical (unpaired) electrons. The Kier molecular flexibility index (Phi) is 5.41. The van der Waals surface area contributed by atoms with Crippen LogP contribution >= 0.6 is 22.9 Å². The molecule has 0 atom stereocenters. The number of hydrogen-bond acceptors (Lipinski definition) is 4. The molecule has 7 heteroatoms. The van der Waals surface area contributed by atoms with Crippen molar-refractivity contribution >= 4 is 29.0 Å². The third-order valence-electron chi connectivity index (χ3n) is 2.82. The lowest BCUT2D eigenvalue weighted by molar-refractivity contribution is 0.207. The molecule has 0 aliphatic carbocycles. The molecular weight excluding hydrogens is 310 g/mol. The van der Waals surface area contributed by atoms with Crippen LogP contribution in [-0.2, 0) is 13.1 Å². The second kappa shape index (κ2) is 7.28. The number of carbonyl (C=O) groups is 1. The summed E-state index contributed by atoms with van der Waals surface area (Å²) in [5, 5.41) is 2.84. The molecule has 0 bridgehead atoms. The Morgan fingerprint density at radius 1 is 1.43 bits per heavy atom. The molecule has 2 rings (SSSR count). The van der Waals surface area contributed by atoms with Crippen molar-refractivity contribution in [3.05, 3.63) is 45.2 Å². The monoisotopic (exact) mass is 325 g/mol. The smallest absolute Gasteiger partial charge is 0.317 e. The number of rotatable bonds is 5. The van der Waals surface area contributed by atoms with E-state index in [2.05, 4.69) is 10.3 Å². The number of urea groups is 1. The molecule has 0 saturated carbocycles. The van der Waals surface area contributed by atoms with E-state index in [0.29, 0.717) is 19.0 Å². The van der Waals surface area contributed by atoms with Gasteiger partial charge in [0.05, 0.1) is 18.0 Å². The summed E-state index contributed by atoms with van der Waals surface area (Å²) in [6, 6.07) is 7.24. The van der Waals surface area contributed by atoms with Crippen LogP contribution in [0.3, 0.4) is 0 Å². The summed E-state index contributed by atoms with van der Waals surface area (Å²) in [6.45, 7) is 0.954. The highest BCUT2D eigenvalue weighted by Crippen LogP contribution is 2.22. The van der Waals surface area contributed by atoms with E-state index < -0.39 is 0 Å². The van der Waals surface area contributed by atoms with Crippen molar-refractivity contribution in [2.75, 3.05) is 14.2 Å². The standard InChI is InChI=1S/C14H16ClN3O2S/c1-18(9-11-4-5-12(15)21-11)14(19)17-8-10-3-6-13(20-2)16-7-10/h3-7H,8-9H2,1-2H3,(H,17,19). The topological polar surface area (TPSA) is 54.5 Å². The van der Waals surface area contributed by atoms with Gasteiger partial charge in [-0.2, -0.15) is 0 Å². The third kappa shape index (κ3) is 4.61. The predicted molar refractivity (Wildman–Crippen MR) is 83.8 cm³/mol. The van der Waals surface area contributed by atoms with E-state index in [1.807, 2.05) is 18.2 Å². The summed E-state index contributed by atoms with van der Waals surface area (Å²) in [6.07, 6.45) is 1.68. The van der Waals surface area contributed by atoms with Crippen LogP contribution in [-0.4, -0.2) is 30.1 Å². The molecule has 5 nitrogen and oxygen atoms in total. The summed E-state index contributed by atoms with van der Waals surface area (Å²) >= 11 is 7.34. The first-order valence-corrected chi connectivity index (χ1v) is 7.50. The van der Waals surface area contributed by atoms with Gasteiger partial charge in [-0.05, 0) is 17.7 Å². The fraction of sp³-hybridized carbons (Fsp3) is 0.286. The van der Waals surface area contributed by atoms with Crippen LogP contribution < -0.4 is 10.1 Å². The second-order valence-electron chi connectivity index (χ2n) is 4.43. The number of nitrogens with zero attached hydrogens (tertiary/aromatic N) is 2. The Morgan fingerprint density at radius 2 is 2.24 bits per heavy atom. The molecule has 112 valence electrons. The average Bonchev–Trinajstić information content (AvgIpc) is 2.90. The van der Waals surface area contributed by atoms with Gasteiger partial charge in [0.25, 0.3) is 0 Å². The minimum atomic E-state index is -0.143. The minimum absolute atomic E-state index is 0.143. The number of thiophene rings is 1. The maximum Gasteiger partial charge on any atom is 0.317 e. The van der Waals surface area contributed by atoms with Gasteiger partial charge in [-0.25, -0.2) is 9.78 Å². The highest BCUT2D eigenvalue weighted by molar-refractivity contribution is 7.16. The van der Waals surface area contributed by atoms with Crippen LogP contribution in [0, 0.1) is 0 Å². The zero-order valence-corrected chi connectivity index (χ0v) is 13.4. The SMILES string of the molecule is COc1ccc(CNC(=O)N(C)Cc2ccc(Cl)s2)cn1. The molecule has 2 aromatic rings. The number of halogens is 1. The largest absolute Gasteiger partial charge is 0.481 e. The summed E-state index contributed by atoms with van der Waals surface area (Å²) in [5.74, 6) is 0.553. The molecule has 2 heterocycles. The summed E-state index contributed by atoms with van der Waals surface area (Å²) in [4.78, 5) is 18.7. The van der Waals surface area contributed by atoms with Crippen molar-refractivity contribution in [2.24, 2.45) is 0 Å². The van der Waals surface area contributed by atoms with Crippen molar-refractivity contribution in [3.8, 4) is 5.88 Å². The maximum absolute atomic E-state index is 12.0. The number of nitrogens with one attached hydrogen (secondary N) is 1. The van der Waals surface area contributed by atoms with Crippen molar-refractivity contribution < 1.29 is 9.53 Å². The number of hydrogen-bond donors (Lipinski definition) is 1. The van der Waals surface area contributed by atoms with E-state index in [0.717, 1.165) is 14.8 Å². The average molecular weight is 326 g/mol. The van der Waals surface area contributed by atoms with Crippen LogP contribution in [0.1, 0.15) is 10.4 Å². The van der Waals surface area contributed by atoms with Gasteiger partial charge in [0.2, 0.25) is 5.88 Å². The van der Waals surface area contributed by atoms with E-state index in [1.165, 1.54) is 11.3 Å². The normalized spacial score (nSPS) is 10.2. The highest BCUT2D eigenvalue weighted by Gasteiger charge is 2.10.